The average Bonchev–Trinajstić information content (AvgIpc) is 2.75. The van der Waals surface area contributed by atoms with Gasteiger partial charge in [-0.3, -0.25) is 24.7 Å². The van der Waals surface area contributed by atoms with Crippen LogP contribution in [0.25, 0.3) is 10.8 Å². The number of carbonyl (C=O) groups is 1. The Bertz CT molecular complexity index is 1070. The Hall–Kier alpha value is -3.29. The Morgan fingerprint density at radius 3 is 2.43 bits per heavy atom. The maximum Gasteiger partial charge on any atom is 0.269 e. The normalized spacial score (nSPS) is 16.4. The van der Waals surface area contributed by atoms with Crippen molar-refractivity contribution in [2.24, 2.45) is 5.73 Å². The second kappa shape index (κ2) is 8.61. The standard InChI is InChI=1S/C23H24N4O3/c24-23(28)22(21-10-4-7-18-6-1-2-9-20(18)21)26-13-11-25(12-14-26)16-17-5-3-8-19(15-17)27(29)30/h1-10,15,22H,11-14,16H2,(H2,24,28). The van der Waals surface area contributed by atoms with E-state index in [1.54, 1.807) is 12.1 Å². The number of piperazine rings is 1. The number of primary amides is 1. The van der Waals surface area contributed by atoms with Gasteiger partial charge in [0.05, 0.1) is 4.92 Å². The van der Waals surface area contributed by atoms with Gasteiger partial charge in [-0.15, -0.1) is 0 Å². The highest BCUT2D eigenvalue weighted by molar-refractivity contribution is 5.92. The number of amides is 1. The molecule has 0 aliphatic carbocycles. The number of hydrogen-bond acceptors (Lipinski definition) is 5. The summed E-state index contributed by atoms with van der Waals surface area (Å²) in [6.07, 6.45) is 0. The third kappa shape index (κ3) is 4.17. The van der Waals surface area contributed by atoms with Crippen molar-refractivity contribution in [3.8, 4) is 0 Å². The third-order valence-corrected chi connectivity index (χ3v) is 5.69. The third-order valence-electron chi connectivity index (χ3n) is 5.69. The fourth-order valence-electron chi connectivity index (χ4n) is 4.23. The number of hydrogen-bond donors (Lipinski definition) is 1. The minimum atomic E-state index is -0.476. The first kappa shape index (κ1) is 20.0. The van der Waals surface area contributed by atoms with Crippen molar-refractivity contribution < 1.29 is 9.72 Å². The van der Waals surface area contributed by atoms with Gasteiger partial charge in [-0.2, -0.15) is 0 Å². The minimum absolute atomic E-state index is 0.107. The van der Waals surface area contributed by atoms with Crippen LogP contribution in [0.2, 0.25) is 0 Å². The van der Waals surface area contributed by atoms with E-state index >= 15 is 0 Å². The Morgan fingerprint density at radius 2 is 1.70 bits per heavy atom. The summed E-state index contributed by atoms with van der Waals surface area (Å²) in [6, 6.07) is 20.3. The van der Waals surface area contributed by atoms with Crippen LogP contribution in [0.1, 0.15) is 17.2 Å². The van der Waals surface area contributed by atoms with Crippen LogP contribution < -0.4 is 5.73 Å². The number of carbonyl (C=O) groups excluding carboxylic acids is 1. The van der Waals surface area contributed by atoms with E-state index < -0.39 is 6.04 Å². The molecule has 0 saturated carbocycles. The molecule has 1 aliphatic heterocycles. The minimum Gasteiger partial charge on any atom is -0.368 e. The van der Waals surface area contributed by atoms with E-state index in [4.69, 9.17) is 5.73 Å². The van der Waals surface area contributed by atoms with Crippen LogP contribution in [0, 0.1) is 10.1 Å². The molecule has 1 unspecified atom stereocenters. The molecule has 1 fully saturated rings. The molecule has 7 nitrogen and oxygen atoms in total. The second-order valence-electron chi connectivity index (χ2n) is 7.61. The van der Waals surface area contributed by atoms with Crippen LogP contribution in [-0.2, 0) is 11.3 Å². The Balaban J connectivity index is 1.48. The summed E-state index contributed by atoms with van der Waals surface area (Å²) in [6.45, 7) is 3.57. The molecule has 0 aromatic heterocycles. The number of rotatable bonds is 6. The molecule has 30 heavy (non-hydrogen) atoms. The predicted octanol–water partition coefficient (Wildman–Crippen LogP) is 3.09. The molecular weight excluding hydrogens is 380 g/mol. The second-order valence-corrected chi connectivity index (χ2v) is 7.61. The molecule has 4 rings (SSSR count). The van der Waals surface area contributed by atoms with Gasteiger partial charge in [-0.1, -0.05) is 54.6 Å². The summed E-state index contributed by atoms with van der Waals surface area (Å²) in [4.78, 5) is 27.4. The van der Waals surface area contributed by atoms with Crippen LogP contribution >= 0.6 is 0 Å². The fourth-order valence-corrected chi connectivity index (χ4v) is 4.23. The van der Waals surface area contributed by atoms with Crippen molar-refractivity contribution in [3.05, 3.63) is 88.0 Å². The number of nitrogens with two attached hydrogens (primary N) is 1. The maximum absolute atomic E-state index is 12.4. The lowest BCUT2D eigenvalue weighted by Crippen LogP contribution is -2.50. The van der Waals surface area contributed by atoms with Gasteiger partial charge in [0.1, 0.15) is 6.04 Å². The van der Waals surface area contributed by atoms with E-state index in [0.717, 1.165) is 35.0 Å². The van der Waals surface area contributed by atoms with Crippen molar-refractivity contribution in [1.29, 1.82) is 0 Å². The van der Waals surface area contributed by atoms with Crippen LogP contribution in [0.15, 0.2) is 66.7 Å². The molecule has 2 N–H and O–H groups in total. The van der Waals surface area contributed by atoms with E-state index in [9.17, 15) is 14.9 Å². The summed E-state index contributed by atoms with van der Waals surface area (Å²) in [5.74, 6) is -0.349. The molecule has 1 heterocycles. The van der Waals surface area contributed by atoms with E-state index in [0.29, 0.717) is 19.6 Å². The summed E-state index contributed by atoms with van der Waals surface area (Å²) in [5, 5.41) is 13.1. The molecule has 0 bridgehead atoms. The molecular formula is C23H24N4O3. The number of nitro groups is 1. The molecule has 1 saturated heterocycles. The highest BCUT2D eigenvalue weighted by atomic mass is 16.6. The Kier molecular flexibility index (Phi) is 5.74. The molecule has 0 radical (unpaired) electrons. The molecule has 154 valence electrons. The first-order chi connectivity index (χ1) is 14.5. The molecule has 0 spiro atoms. The van der Waals surface area contributed by atoms with Crippen molar-refractivity contribution in [2.45, 2.75) is 12.6 Å². The molecule has 3 aromatic rings. The van der Waals surface area contributed by atoms with Crippen molar-refractivity contribution in [2.75, 3.05) is 26.2 Å². The van der Waals surface area contributed by atoms with Crippen molar-refractivity contribution in [3.63, 3.8) is 0 Å². The quantitative estimate of drug-likeness (QED) is 0.503. The molecule has 1 aliphatic rings. The van der Waals surface area contributed by atoms with Crippen LogP contribution in [0.3, 0.4) is 0 Å². The van der Waals surface area contributed by atoms with Gasteiger partial charge < -0.3 is 5.73 Å². The molecule has 7 heteroatoms. The lowest BCUT2D eigenvalue weighted by atomic mass is 9.96. The SMILES string of the molecule is NC(=O)C(c1cccc2ccccc12)N1CCN(Cc2cccc([N+](=O)[O-])c2)CC1. The van der Waals surface area contributed by atoms with Gasteiger partial charge in [0.15, 0.2) is 0 Å². The van der Waals surface area contributed by atoms with Gasteiger partial charge in [0.2, 0.25) is 5.91 Å². The number of fused-ring (bicyclic) bond motifs is 1. The highest BCUT2D eigenvalue weighted by Gasteiger charge is 2.30. The van der Waals surface area contributed by atoms with Crippen molar-refractivity contribution >= 4 is 22.4 Å². The largest absolute Gasteiger partial charge is 0.368 e. The summed E-state index contributed by atoms with van der Waals surface area (Å²) < 4.78 is 0. The smallest absolute Gasteiger partial charge is 0.269 e. The average molecular weight is 404 g/mol. The van der Waals surface area contributed by atoms with E-state index in [-0.39, 0.29) is 16.5 Å². The topological polar surface area (TPSA) is 92.7 Å². The number of benzene rings is 3. The van der Waals surface area contributed by atoms with Gasteiger partial charge in [0, 0.05) is 44.9 Å². The monoisotopic (exact) mass is 404 g/mol. The fraction of sp³-hybridized carbons (Fsp3) is 0.261. The summed E-state index contributed by atoms with van der Waals surface area (Å²) in [5.41, 5.74) is 7.80. The summed E-state index contributed by atoms with van der Waals surface area (Å²) in [7, 11) is 0. The van der Waals surface area contributed by atoms with Crippen LogP contribution in [0.5, 0.6) is 0 Å². The first-order valence-electron chi connectivity index (χ1n) is 9.99. The zero-order valence-corrected chi connectivity index (χ0v) is 16.6. The Morgan fingerprint density at radius 1 is 1.00 bits per heavy atom. The number of nitro benzene ring substituents is 1. The molecule has 1 atom stereocenters. The van der Waals surface area contributed by atoms with Gasteiger partial charge in [-0.25, -0.2) is 0 Å². The maximum atomic E-state index is 12.4. The first-order valence-corrected chi connectivity index (χ1v) is 9.99. The molecule has 1 amide bonds. The lowest BCUT2D eigenvalue weighted by molar-refractivity contribution is -0.384. The van der Waals surface area contributed by atoms with E-state index in [1.807, 2.05) is 48.5 Å². The predicted molar refractivity (Wildman–Crippen MR) is 116 cm³/mol. The van der Waals surface area contributed by atoms with Gasteiger partial charge >= 0.3 is 0 Å². The number of nitrogens with zero attached hydrogens (tertiary/aromatic N) is 3. The zero-order chi connectivity index (χ0) is 21.1. The van der Waals surface area contributed by atoms with Crippen molar-refractivity contribution in [1.82, 2.24) is 9.80 Å². The van der Waals surface area contributed by atoms with E-state index in [1.165, 1.54) is 6.07 Å². The van der Waals surface area contributed by atoms with E-state index in [2.05, 4.69) is 9.80 Å². The van der Waals surface area contributed by atoms with Gasteiger partial charge in [-0.05, 0) is 21.9 Å². The van der Waals surface area contributed by atoms with Crippen LogP contribution in [-0.4, -0.2) is 46.8 Å². The molecule has 3 aromatic carbocycles. The summed E-state index contributed by atoms with van der Waals surface area (Å²) >= 11 is 0. The Labute approximate surface area is 174 Å². The number of non-ortho nitro benzene ring substituents is 1. The lowest BCUT2D eigenvalue weighted by Gasteiger charge is -2.38. The zero-order valence-electron chi connectivity index (χ0n) is 16.6. The van der Waals surface area contributed by atoms with Crippen LogP contribution in [0.4, 0.5) is 5.69 Å². The van der Waals surface area contributed by atoms with Gasteiger partial charge in [0.25, 0.3) is 5.69 Å². The highest BCUT2D eigenvalue weighted by Crippen LogP contribution is 2.29.